The second-order valence-electron chi connectivity index (χ2n) is 12.3. The van der Waals surface area contributed by atoms with Crippen molar-refractivity contribution in [2.24, 2.45) is 0 Å². The molecule has 0 bridgehead atoms. The summed E-state index contributed by atoms with van der Waals surface area (Å²) < 4.78 is 24.1. The lowest BCUT2D eigenvalue weighted by molar-refractivity contribution is -0.153. The fourth-order valence-electron chi connectivity index (χ4n) is 4.98. The number of hydrogen-bond donors (Lipinski definition) is 0. The number of nitrogens with zero attached hydrogens (tertiary/aromatic N) is 2. The van der Waals surface area contributed by atoms with Crippen molar-refractivity contribution < 1.29 is 18.9 Å². The normalized spacial score (nSPS) is 26.2. The van der Waals surface area contributed by atoms with E-state index in [0.29, 0.717) is 18.8 Å². The minimum atomic E-state index is -0.110. The van der Waals surface area contributed by atoms with Gasteiger partial charge >= 0.3 is 0 Å². The first kappa shape index (κ1) is 27.9. The highest BCUT2D eigenvalue weighted by molar-refractivity contribution is 5.00. The third-order valence-electron chi connectivity index (χ3n) is 6.91. The average molecular weight is 479 g/mol. The highest BCUT2D eigenvalue weighted by Gasteiger charge is 2.39. The summed E-state index contributed by atoms with van der Waals surface area (Å²) in [6.45, 7) is 21.2. The molecule has 34 heavy (non-hydrogen) atoms. The van der Waals surface area contributed by atoms with Crippen LogP contribution in [-0.2, 0) is 18.9 Å². The van der Waals surface area contributed by atoms with Crippen LogP contribution in [0.1, 0.15) is 80.1 Å². The van der Waals surface area contributed by atoms with Crippen LogP contribution in [0.2, 0.25) is 0 Å². The zero-order valence-electron chi connectivity index (χ0n) is 22.8. The van der Waals surface area contributed by atoms with E-state index < -0.39 is 0 Å². The summed E-state index contributed by atoms with van der Waals surface area (Å²) in [5, 5.41) is 0. The number of rotatable bonds is 9. The van der Waals surface area contributed by atoms with Gasteiger partial charge in [0.05, 0.1) is 42.2 Å². The van der Waals surface area contributed by atoms with Gasteiger partial charge in [0.15, 0.2) is 0 Å². The van der Waals surface area contributed by atoms with Crippen molar-refractivity contribution in [2.75, 3.05) is 59.1 Å². The number of unbranched alkanes of at least 4 members (excludes halogenated alkanes) is 1. The molecule has 6 heteroatoms. The van der Waals surface area contributed by atoms with Crippen LogP contribution in [0.25, 0.3) is 0 Å². The van der Waals surface area contributed by atoms with Gasteiger partial charge in [0.2, 0.25) is 0 Å². The summed E-state index contributed by atoms with van der Waals surface area (Å²) in [4.78, 5) is 5.13. The van der Waals surface area contributed by atoms with E-state index in [-0.39, 0.29) is 16.8 Å². The second kappa shape index (κ2) is 12.5. The Morgan fingerprint density at radius 2 is 1.62 bits per heavy atom. The maximum absolute atomic E-state index is 6.34. The quantitative estimate of drug-likeness (QED) is 0.367. The molecule has 0 radical (unpaired) electrons. The van der Waals surface area contributed by atoms with Crippen molar-refractivity contribution in [1.82, 2.24) is 9.80 Å². The van der Waals surface area contributed by atoms with Crippen molar-refractivity contribution in [3.63, 3.8) is 0 Å². The zero-order valence-corrected chi connectivity index (χ0v) is 22.8. The van der Waals surface area contributed by atoms with E-state index in [2.05, 4.69) is 63.2 Å². The Morgan fingerprint density at radius 3 is 2.29 bits per heavy atom. The smallest absolute Gasteiger partial charge is 0.108 e. The van der Waals surface area contributed by atoms with E-state index >= 15 is 0 Å². The fraction of sp³-hybridized carbons (Fsp3) is 0.929. The lowest BCUT2D eigenvalue weighted by Crippen LogP contribution is -2.57. The van der Waals surface area contributed by atoms with E-state index in [1.54, 1.807) is 0 Å². The molecule has 0 aromatic carbocycles. The molecule has 1 spiro atoms. The van der Waals surface area contributed by atoms with E-state index in [4.69, 9.17) is 18.9 Å². The highest BCUT2D eigenvalue weighted by Crippen LogP contribution is 2.31. The lowest BCUT2D eigenvalue weighted by Gasteiger charge is -2.47. The molecule has 2 heterocycles. The predicted molar refractivity (Wildman–Crippen MR) is 137 cm³/mol. The van der Waals surface area contributed by atoms with Gasteiger partial charge in [0, 0.05) is 39.1 Å². The molecule has 0 atom stereocenters. The maximum Gasteiger partial charge on any atom is 0.108 e. The van der Waals surface area contributed by atoms with E-state index in [0.717, 1.165) is 91.0 Å². The van der Waals surface area contributed by atoms with Crippen LogP contribution >= 0.6 is 0 Å². The van der Waals surface area contributed by atoms with Crippen LogP contribution in [-0.4, -0.2) is 97.9 Å². The molecular formula is C28H50N2O4. The molecule has 6 nitrogen and oxygen atoms in total. The average Bonchev–Trinajstić information content (AvgIpc) is 2.71. The molecule has 0 N–H and O–H groups in total. The Bertz CT molecular complexity index is 659. The van der Waals surface area contributed by atoms with Crippen molar-refractivity contribution in [1.29, 1.82) is 0 Å². The van der Waals surface area contributed by atoms with Crippen LogP contribution in [0.5, 0.6) is 0 Å². The third kappa shape index (κ3) is 10.1. The molecule has 3 rings (SSSR count). The highest BCUT2D eigenvalue weighted by atomic mass is 16.5. The Labute approximate surface area is 209 Å². The molecule has 2 aliphatic heterocycles. The van der Waals surface area contributed by atoms with Gasteiger partial charge in [-0.05, 0) is 80.2 Å². The summed E-state index contributed by atoms with van der Waals surface area (Å²) in [5.74, 6) is 6.41. The fourth-order valence-corrected chi connectivity index (χ4v) is 4.98. The van der Waals surface area contributed by atoms with Gasteiger partial charge in [-0.1, -0.05) is 5.92 Å². The summed E-state index contributed by atoms with van der Waals surface area (Å²) in [7, 11) is 0. The van der Waals surface area contributed by atoms with E-state index in [9.17, 15) is 0 Å². The second-order valence-corrected chi connectivity index (χ2v) is 12.3. The molecule has 3 fully saturated rings. The Hall–Kier alpha value is -0.680. The van der Waals surface area contributed by atoms with Gasteiger partial charge in [0.1, 0.15) is 6.61 Å². The molecule has 3 aliphatic rings. The first-order valence-electron chi connectivity index (χ1n) is 13.5. The van der Waals surface area contributed by atoms with Gasteiger partial charge < -0.3 is 23.8 Å². The summed E-state index contributed by atoms with van der Waals surface area (Å²) in [5.41, 5.74) is -0.111. The molecule has 0 amide bonds. The van der Waals surface area contributed by atoms with Crippen molar-refractivity contribution in [2.45, 2.75) is 109 Å². The standard InChI is InChI=1S/C28H50N2O4/c1-26(2,3)32-18-10-8-7-9-13-30-17-20-33-28(23-30)11-14-29(15-12-28)16-19-31-24-21-25(22-24)34-27(4,5)6/h24-25H,7,9,11-23H2,1-6H3. The van der Waals surface area contributed by atoms with Crippen LogP contribution in [0.3, 0.4) is 0 Å². The van der Waals surface area contributed by atoms with Gasteiger partial charge in [-0.3, -0.25) is 4.90 Å². The minimum absolute atomic E-state index is 0.0489. The molecule has 1 saturated carbocycles. The topological polar surface area (TPSA) is 43.4 Å². The first-order valence-corrected chi connectivity index (χ1v) is 13.5. The molecule has 196 valence electrons. The molecule has 1 aliphatic carbocycles. The third-order valence-corrected chi connectivity index (χ3v) is 6.91. The predicted octanol–water partition coefficient (Wildman–Crippen LogP) is 4.11. The van der Waals surface area contributed by atoms with Crippen LogP contribution in [0.4, 0.5) is 0 Å². The number of morpholine rings is 1. The molecule has 0 aromatic rings. The first-order chi connectivity index (χ1) is 16.0. The van der Waals surface area contributed by atoms with E-state index in [1.165, 1.54) is 0 Å². The van der Waals surface area contributed by atoms with Crippen LogP contribution in [0, 0.1) is 11.8 Å². The Balaban J connectivity index is 1.25. The largest absolute Gasteiger partial charge is 0.377 e. The molecule has 0 unspecified atom stereocenters. The lowest BCUT2D eigenvalue weighted by atomic mass is 9.89. The Morgan fingerprint density at radius 1 is 0.882 bits per heavy atom. The van der Waals surface area contributed by atoms with Crippen LogP contribution in [0.15, 0.2) is 0 Å². The van der Waals surface area contributed by atoms with E-state index in [1.807, 2.05) is 0 Å². The number of hydrogen-bond acceptors (Lipinski definition) is 6. The van der Waals surface area contributed by atoms with Crippen LogP contribution < -0.4 is 0 Å². The van der Waals surface area contributed by atoms with Crippen molar-refractivity contribution >= 4 is 0 Å². The summed E-state index contributed by atoms with van der Waals surface area (Å²) in [6, 6.07) is 0. The van der Waals surface area contributed by atoms with Gasteiger partial charge in [-0.15, -0.1) is 5.92 Å². The van der Waals surface area contributed by atoms with Gasteiger partial charge in [-0.25, -0.2) is 0 Å². The summed E-state index contributed by atoms with van der Waals surface area (Å²) in [6.07, 6.45) is 7.15. The Kier molecular flexibility index (Phi) is 10.3. The zero-order chi connectivity index (χ0) is 24.7. The van der Waals surface area contributed by atoms with Gasteiger partial charge in [0.25, 0.3) is 0 Å². The van der Waals surface area contributed by atoms with Crippen molar-refractivity contribution in [3.8, 4) is 11.8 Å². The van der Waals surface area contributed by atoms with Crippen molar-refractivity contribution in [3.05, 3.63) is 0 Å². The van der Waals surface area contributed by atoms with Gasteiger partial charge in [-0.2, -0.15) is 0 Å². The molecule has 0 aromatic heterocycles. The SMILES string of the molecule is CC(C)(C)OCC#CCCCN1CCOC2(CCN(CCOC3CC(OC(C)(C)C)C3)CC2)C1. The summed E-state index contributed by atoms with van der Waals surface area (Å²) >= 11 is 0. The monoisotopic (exact) mass is 478 g/mol. The number of piperidine rings is 1. The number of ether oxygens (including phenoxy) is 4. The number of likely N-dealkylation sites (tertiary alicyclic amines) is 1. The molecular weight excluding hydrogens is 428 g/mol. The minimum Gasteiger partial charge on any atom is -0.377 e. The maximum atomic E-state index is 6.34. The molecule has 2 saturated heterocycles.